The van der Waals surface area contributed by atoms with Crippen LogP contribution in [0.2, 0.25) is 0 Å². The van der Waals surface area contributed by atoms with Gasteiger partial charge in [-0.25, -0.2) is 0 Å². The summed E-state index contributed by atoms with van der Waals surface area (Å²) in [5.41, 5.74) is 1.87. The Hall–Kier alpha value is -2.12. The summed E-state index contributed by atoms with van der Waals surface area (Å²) in [5.74, 6) is 3.34. The van der Waals surface area contributed by atoms with E-state index in [1.54, 1.807) is 11.8 Å². The number of ether oxygens (including phenoxy) is 2. The van der Waals surface area contributed by atoms with Crippen molar-refractivity contribution < 1.29 is 9.47 Å². The SMILES string of the molecule is CCOc1ccccc1OCCSCc1cccc(C#N)c1. The van der Waals surface area contributed by atoms with Crippen LogP contribution < -0.4 is 9.47 Å². The van der Waals surface area contributed by atoms with E-state index in [1.807, 2.05) is 55.5 Å². The Morgan fingerprint density at radius 2 is 1.82 bits per heavy atom. The third-order valence-corrected chi connectivity index (χ3v) is 3.95. The van der Waals surface area contributed by atoms with E-state index in [9.17, 15) is 0 Å². The lowest BCUT2D eigenvalue weighted by Gasteiger charge is -2.11. The predicted octanol–water partition coefficient (Wildman–Crippen LogP) is 4.27. The van der Waals surface area contributed by atoms with E-state index >= 15 is 0 Å². The number of nitriles is 1. The van der Waals surface area contributed by atoms with Gasteiger partial charge >= 0.3 is 0 Å². The van der Waals surface area contributed by atoms with Gasteiger partial charge in [0, 0.05) is 11.5 Å². The Balaban J connectivity index is 1.74. The molecule has 0 radical (unpaired) electrons. The zero-order valence-electron chi connectivity index (χ0n) is 12.6. The number of hydrogen-bond donors (Lipinski definition) is 0. The molecule has 4 heteroatoms. The smallest absolute Gasteiger partial charge is 0.161 e. The van der Waals surface area contributed by atoms with E-state index in [4.69, 9.17) is 14.7 Å². The Morgan fingerprint density at radius 1 is 1.05 bits per heavy atom. The molecule has 0 atom stereocenters. The highest BCUT2D eigenvalue weighted by Gasteiger charge is 2.03. The molecule has 0 saturated carbocycles. The molecule has 0 heterocycles. The zero-order chi connectivity index (χ0) is 15.6. The molecule has 114 valence electrons. The van der Waals surface area contributed by atoms with Gasteiger partial charge in [0.05, 0.1) is 24.8 Å². The fraction of sp³-hybridized carbons (Fsp3) is 0.278. The van der Waals surface area contributed by atoms with Crippen LogP contribution in [0.15, 0.2) is 48.5 Å². The molecule has 2 aromatic carbocycles. The summed E-state index contributed by atoms with van der Waals surface area (Å²) in [6.45, 7) is 3.22. The van der Waals surface area contributed by atoms with Crippen LogP contribution >= 0.6 is 11.8 Å². The second kappa shape index (κ2) is 9.01. The molecule has 0 aliphatic carbocycles. The fourth-order valence-corrected chi connectivity index (χ4v) is 2.74. The predicted molar refractivity (Wildman–Crippen MR) is 90.4 cm³/mol. The van der Waals surface area contributed by atoms with Gasteiger partial charge in [0.25, 0.3) is 0 Å². The summed E-state index contributed by atoms with van der Waals surface area (Å²) < 4.78 is 11.3. The van der Waals surface area contributed by atoms with Gasteiger partial charge in [0.2, 0.25) is 0 Å². The van der Waals surface area contributed by atoms with Crippen molar-refractivity contribution in [3.05, 3.63) is 59.7 Å². The van der Waals surface area contributed by atoms with E-state index in [1.165, 1.54) is 5.56 Å². The first kappa shape index (κ1) is 16.3. The molecule has 0 aromatic heterocycles. The molecule has 0 aliphatic heterocycles. The lowest BCUT2D eigenvalue weighted by molar-refractivity contribution is 0.289. The first-order chi connectivity index (χ1) is 10.8. The minimum atomic E-state index is 0.629. The number of nitrogens with zero attached hydrogens (tertiary/aromatic N) is 1. The first-order valence-electron chi connectivity index (χ1n) is 7.25. The molecule has 22 heavy (non-hydrogen) atoms. The summed E-state index contributed by atoms with van der Waals surface area (Å²) in [4.78, 5) is 0. The molecule has 0 fully saturated rings. The molecule has 0 aliphatic rings. The van der Waals surface area contributed by atoms with Crippen LogP contribution in [0.3, 0.4) is 0 Å². The maximum absolute atomic E-state index is 8.88. The number of thioether (sulfide) groups is 1. The molecule has 0 unspecified atom stereocenters. The molecule has 3 nitrogen and oxygen atoms in total. The van der Waals surface area contributed by atoms with Crippen molar-refractivity contribution in [2.24, 2.45) is 0 Å². The molecule has 2 aromatic rings. The topological polar surface area (TPSA) is 42.2 Å². The quantitative estimate of drug-likeness (QED) is 0.683. The summed E-state index contributed by atoms with van der Waals surface area (Å²) in [7, 11) is 0. The van der Waals surface area contributed by atoms with Crippen LogP contribution in [0.25, 0.3) is 0 Å². The fourth-order valence-electron chi connectivity index (χ4n) is 1.98. The van der Waals surface area contributed by atoms with E-state index in [0.29, 0.717) is 18.8 Å². The number of hydrogen-bond acceptors (Lipinski definition) is 4. The molecular weight excluding hydrogens is 294 g/mol. The van der Waals surface area contributed by atoms with Crippen molar-refractivity contribution in [3.8, 4) is 17.6 Å². The zero-order valence-corrected chi connectivity index (χ0v) is 13.4. The van der Waals surface area contributed by atoms with Gasteiger partial charge in [-0.3, -0.25) is 0 Å². The summed E-state index contributed by atoms with van der Waals surface area (Å²) >= 11 is 1.79. The van der Waals surface area contributed by atoms with Gasteiger partial charge in [-0.05, 0) is 36.8 Å². The van der Waals surface area contributed by atoms with Gasteiger partial charge < -0.3 is 9.47 Å². The van der Waals surface area contributed by atoms with Crippen molar-refractivity contribution in [3.63, 3.8) is 0 Å². The van der Waals surface area contributed by atoms with E-state index in [-0.39, 0.29) is 0 Å². The van der Waals surface area contributed by atoms with Gasteiger partial charge in [0.1, 0.15) is 0 Å². The summed E-state index contributed by atoms with van der Waals surface area (Å²) in [5, 5.41) is 8.88. The van der Waals surface area contributed by atoms with Crippen LogP contribution in [0, 0.1) is 11.3 Å². The maximum atomic E-state index is 8.88. The highest BCUT2D eigenvalue weighted by Crippen LogP contribution is 2.26. The van der Waals surface area contributed by atoms with Crippen LogP contribution in [-0.4, -0.2) is 19.0 Å². The van der Waals surface area contributed by atoms with Crippen LogP contribution in [0.5, 0.6) is 11.5 Å². The van der Waals surface area contributed by atoms with Crippen molar-refractivity contribution in [2.75, 3.05) is 19.0 Å². The maximum Gasteiger partial charge on any atom is 0.161 e. The third kappa shape index (κ3) is 5.01. The Kier molecular flexibility index (Phi) is 6.66. The van der Waals surface area contributed by atoms with Gasteiger partial charge in [0.15, 0.2) is 11.5 Å². The highest BCUT2D eigenvalue weighted by molar-refractivity contribution is 7.98. The van der Waals surface area contributed by atoms with Crippen LogP contribution in [0.4, 0.5) is 0 Å². The Morgan fingerprint density at radius 3 is 2.55 bits per heavy atom. The van der Waals surface area contributed by atoms with Crippen molar-refractivity contribution in [1.29, 1.82) is 5.26 Å². The minimum Gasteiger partial charge on any atom is -0.490 e. The van der Waals surface area contributed by atoms with Crippen LogP contribution in [0.1, 0.15) is 18.1 Å². The number of benzene rings is 2. The molecule has 2 rings (SSSR count). The van der Waals surface area contributed by atoms with Crippen LogP contribution in [-0.2, 0) is 5.75 Å². The molecule has 0 N–H and O–H groups in total. The Labute approximate surface area is 135 Å². The molecule has 0 bridgehead atoms. The van der Waals surface area contributed by atoms with Gasteiger partial charge in [-0.2, -0.15) is 17.0 Å². The van der Waals surface area contributed by atoms with Gasteiger partial charge in [-0.1, -0.05) is 24.3 Å². The molecule has 0 saturated heterocycles. The van der Waals surface area contributed by atoms with E-state index in [2.05, 4.69) is 6.07 Å². The molecule has 0 amide bonds. The second-order valence-corrected chi connectivity index (χ2v) is 5.70. The number of rotatable bonds is 8. The normalized spacial score (nSPS) is 10.0. The van der Waals surface area contributed by atoms with E-state index in [0.717, 1.165) is 23.0 Å². The lowest BCUT2D eigenvalue weighted by atomic mass is 10.2. The number of para-hydroxylation sites is 2. The lowest BCUT2D eigenvalue weighted by Crippen LogP contribution is -2.03. The highest BCUT2D eigenvalue weighted by atomic mass is 32.2. The van der Waals surface area contributed by atoms with Crippen molar-refractivity contribution >= 4 is 11.8 Å². The average molecular weight is 313 g/mol. The van der Waals surface area contributed by atoms with Crippen molar-refractivity contribution in [1.82, 2.24) is 0 Å². The summed E-state index contributed by atoms with van der Waals surface area (Å²) in [6.07, 6.45) is 0. The molecule has 0 spiro atoms. The Bertz CT molecular complexity index is 637. The van der Waals surface area contributed by atoms with Gasteiger partial charge in [-0.15, -0.1) is 0 Å². The monoisotopic (exact) mass is 313 g/mol. The minimum absolute atomic E-state index is 0.629. The second-order valence-electron chi connectivity index (χ2n) is 4.59. The standard InChI is InChI=1S/C18H19NO2S/c1-2-20-17-8-3-4-9-18(17)21-10-11-22-14-16-7-5-6-15(12-16)13-19/h3-9,12H,2,10-11,14H2,1H3. The average Bonchev–Trinajstić information content (AvgIpc) is 2.56. The van der Waals surface area contributed by atoms with Crippen molar-refractivity contribution in [2.45, 2.75) is 12.7 Å². The summed E-state index contributed by atoms with van der Waals surface area (Å²) in [6, 6.07) is 17.6. The largest absolute Gasteiger partial charge is 0.490 e. The third-order valence-electron chi connectivity index (χ3n) is 2.96. The molecular formula is C18H19NO2S. The van der Waals surface area contributed by atoms with E-state index < -0.39 is 0 Å². The first-order valence-corrected chi connectivity index (χ1v) is 8.40.